The van der Waals surface area contributed by atoms with Crippen molar-refractivity contribution >= 4 is 17.4 Å². The normalized spacial score (nSPS) is 12.4. The van der Waals surface area contributed by atoms with E-state index in [0.29, 0.717) is 17.0 Å². The van der Waals surface area contributed by atoms with Gasteiger partial charge in [-0.3, -0.25) is 4.79 Å². The van der Waals surface area contributed by atoms with Gasteiger partial charge in [0.1, 0.15) is 10.7 Å². The molecule has 0 aliphatic heterocycles. The van der Waals surface area contributed by atoms with E-state index in [9.17, 15) is 14.3 Å². The average Bonchev–Trinajstić information content (AvgIpc) is 3.00. The van der Waals surface area contributed by atoms with Gasteiger partial charge in [-0.25, -0.2) is 4.39 Å². The zero-order chi connectivity index (χ0) is 16.1. The molecule has 0 aliphatic carbocycles. The van der Waals surface area contributed by atoms with E-state index in [4.69, 9.17) is 0 Å². The van der Waals surface area contributed by atoms with Gasteiger partial charge >= 0.3 is 0 Å². The molecule has 0 saturated heterocycles. The number of aliphatic hydroxyl groups excluding tert-OH is 1. The van der Waals surface area contributed by atoms with Gasteiger partial charge in [-0.1, -0.05) is 30.5 Å². The summed E-state index contributed by atoms with van der Waals surface area (Å²) in [5.41, 5.74) is 0.574. The van der Waals surface area contributed by atoms with Gasteiger partial charge in [0, 0.05) is 6.54 Å². The molecule has 2 aromatic rings. The molecule has 1 amide bonds. The molecular weight excluding hydrogens is 305 g/mol. The Labute approximate surface area is 132 Å². The van der Waals surface area contributed by atoms with Crippen LogP contribution in [0.3, 0.4) is 0 Å². The number of aromatic nitrogens is 2. The maximum atomic E-state index is 12.9. The molecule has 7 heteroatoms. The van der Waals surface area contributed by atoms with Crippen LogP contribution >= 0.6 is 11.5 Å². The van der Waals surface area contributed by atoms with Crippen LogP contribution in [0.15, 0.2) is 30.5 Å². The van der Waals surface area contributed by atoms with Crippen molar-refractivity contribution in [1.82, 2.24) is 14.5 Å². The zero-order valence-corrected chi connectivity index (χ0v) is 13.3. The Hall–Kier alpha value is -1.86. The average molecular weight is 323 g/mol. The number of halogens is 1. The van der Waals surface area contributed by atoms with Crippen molar-refractivity contribution in [2.75, 3.05) is 13.1 Å². The van der Waals surface area contributed by atoms with Gasteiger partial charge in [-0.05, 0) is 35.1 Å². The Balaban J connectivity index is 2.12. The molecule has 0 radical (unpaired) electrons. The molecule has 1 aromatic carbocycles. The number of carbonyl (C=O) groups excluding carboxylic acids is 1. The van der Waals surface area contributed by atoms with Crippen LogP contribution in [-0.4, -0.2) is 38.6 Å². The fourth-order valence-corrected chi connectivity index (χ4v) is 2.58. The molecule has 118 valence electrons. The topological polar surface area (TPSA) is 66.3 Å². The van der Waals surface area contributed by atoms with E-state index >= 15 is 0 Å². The predicted molar refractivity (Wildman–Crippen MR) is 82.0 cm³/mol. The maximum Gasteiger partial charge on any atom is 0.267 e. The number of nitrogens with zero attached hydrogens (tertiary/aromatic N) is 3. The van der Waals surface area contributed by atoms with Crippen LogP contribution in [0, 0.1) is 11.7 Å². The molecule has 0 aliphatic rings. The van der Waals surface area contributed by atoms with Crippen molar-refractivity contribution in [2.45, 2.75) is 20.0 Å². The third-order valence-electron chi connectivity index (χ3n) is 3.09. The lowest BCUT2D eigenvalue weighted by molar-refractivity contribution is 0.0599. The van der Waals surface area contributed by atoms with E-state index in [0.717, 1.165) is 11.5 Å². The Kier molecular flexibility index (Phi) is 5.57. The van der Waals surface area contributed by atoms with Crippen LogP contribution in [0.25, 0.3) is 0 Å². The molecule has 2 rings (SSSR count). The number of carbonyl (C=O) groups is 1. The summed E-state index contributed by atoms with van der Waals surface area (Å²) in [7, 11) is 0. The van der Waals surface area contributed by atoms with Crippen molar-refractivity contribution in [3.8, 4) is 0 Å². The third-order valence-corrected chi connectivity index (χ3v) is 3.75. The highest BCUT2D eigenvalue weighted by molar-refractivity contribution is 7.07. The molecule has 0 saturated carbocycles. The summed E-state index contributed by atoms with van der Waals surface area (Å²) in [4.78, 5) is 14.5. The summed E-state index contributed by atoms with van der Waals surface area (Å²) in [5.74, 6) is -0.308. The highest BCUT2D eigenvalue weighted by Gasteiger charge is 2.22. The summed E-state index contributed by atoms with van der Waals surface area (Å²) < 4.78 is 16.6. The quantitative estimate of drug-likeness (QED) is 0.887. The number of amides is 1. The zero-order valence-electron chi connectivity index (χ0n) is 12.4. The molecule has 1 N–H and O–H groups in total. The highest BCUT2D eigenvalue weighted by atomic mass is 32.1. The van der Waals surface area contributed by atoms with Gasteiger partial charge < -0.3 is 10.0 Å². The smallest absolute Gasteiger partial charge is 0.267 e. The standard InChI is InChI=1S/C15H18FN3O2S/c1-10(2)8-19(15(21)14-7-17-18-22-14)9-13(20)11-3-5-12(16)6-4-11/h3-7,10,13,20H,8-9H2,1-2H3. The summed E-state index contributed by atoms with van der Waals surface area (Å²) in [6, 6.07) is 5.62. The van der Waals surface area contributed by atoms with Crippen molar-refractivity contribution < 1.29 is 14.3 Å². The minimum absolute atomic E-state index is 0.139. The van der Waals surface area contributed by atoms with Gasteiger partial charge in [0.05, 0.1) is 18.8 Å². The SMILES string of the molecule is CC(C)CN(CC(O)c1ccc(F)cc1)C(=O)c1cnns1. The monoisotopic (exact) mass is 323 g/mol. The Bertz CT molecular complexity index is 602. The van der Waals surface area contributed by atoms with Crippen LogP contribution in [0.5, 0.6) is 0 Å². The molecule has 1 unspecified atom stereocenters. The Morgan fingerprint density at radius 2 is 2.00 bits per heavy atom. The molecule has 0 spiro atoms. The minimum Gasteiger partial charge on any atom is -0.387 e. The van der Waals surface area contributed by atoms with Gasteiger partial charge in [0.2, 0.25) is 0 Å². The van der Waals surface area contributed by atoms with Gasteiger partial charge in [-0.15, -0.1) is 5.10 Å². The fraction of sp³-hybridized carbons (Fsp3) is 0.400. The maximum absolute atomic E-state index is 12.9. The second-order valence-electron chi connectivity index (χ2n) is 5.45. The van der Waals surface area contributed by atoms with E-state index in [1.165, 1.54) is 30.5 Å². The number of benzene rings is 1. The first-order valence-corrected chi connectivity index (χ1v) is 7.75. The molecule has 22 heavy (non-hydrogen) atoms. The summed E-state index contributed by atoms with van der Waals surface area (Å²) in [5, 5.41) is 14.0. The van der Waals surface area contributed by atoms with Crippen molar-refractivity contribution in [2.24, 2.45) is 5.92 Å². The van der Waals surface area contributed by atoms with Crippen molar-refractivity contribution in [3.63, 3.8) is 0 Å². The first kappa shape index (κ1) is 16.5. The lowest BCUT2D eigenvalue weighted by Gasteiger charge is -2.26. The van der Waals surface area contributed by atoms with E-state index < -0.39 is 6.10 Å². The fourth-order valence-electron chi connectivity index (χ4n) is 2.10. The van der Waals surface area contributed by atoms with Gasteiger partial charge in [0.15, 0.2) is 0 Å². The largest absolute Gasteiger partial charge is 0.387 e. The van der Waals surface area contributed by atoms with E-state index in [1.807, 2.05) is 13.8 Å². The first-order valence-electron chi connectivity index (χ1n) is 6.97. The molecule has 1 aromatic heterocycles. The first-order chi connectivity index (χ1) is 10.5. The summed E-state index contributed by atoms with van der Waals surface area (Å²) >= 11 is 1.03. The predicted octanol–water partition coefficient (Wildman–Crippen LogP) is 2.51. The highest BCUT2D eigenvalue weighted by Crippen LogP contribution is 2.18. The van der Waals surface area contributed by atoms with Crippen molar-refractivity contribution in [3.05, 3.63) is 46.7 Å². The molecule has 0 bridgehead atoms. The minimum atomic E-state index is -0.871. The third kappa shape index (κ3) is 4.32. The number of hydrogen-bond donors (Lipinski definition) is 1. The van der Waals surface area contributed by atoms with Crippen LogP contribution < -0.4 is 0 Å². The van der Waals surface area contributed by atoms with Crippen LogP contribution in [0.2, 0.25) is 0 Å². The lowest BCUT2D eigenvalue weighted by atomic mass is 10.1. The molecular formula is C15H18FN3O2S. The molecule has 1 atom stereocenters. The lowest BCUT2D eigenvalue weighted by Crippen LogP contribution is -2.37. The number of rotatable bonds is 6. The second-order valence-corrected chi connectivity index (χ2v) is 6.24. The molecule has 0 fully saturated rings. The Morgan fingerprint density at radius 3 is 2.55 bits per heavy atom. The van der Waals surface area contributed by atoms with E-state index in [-0.39, 0.29) is 24.2 Å². The van der Waals surface area contributed by atoms with E-state index in [2.05, 4.69) is 9.59 Å². The molecule has 1 heterocycles. The Morgan fingerprint density at radius 1 is 1.32 bits per heavy atom. The van der Waals surface area contributed by atoms with Crippen LogP contribution in [0.4, 0.5) is 4.39 Å². The number of hydrogen-bond acceptors (Lipinski definition) is 5. The van der Waals surface area contributed by atoms with Gasteiger partial charge in [-0.2, -0.15) is 0 Å². The van der Waals surface area contributed by atoms with Gasteiger partial charge in [0.25, 0.3) is 5.91 Å². The van der Waals surface area contributed by atoms with Crippen LogP contribution in [0.1, 0.15) is 35.2 Å². The summed E-state index contributed by atoms with van der Waals surface area (Å²) in [6.45, 7) is 4.64. The van der Waals surface area contributed by atoms with Crippen molar-refractivity contribution in [1.29, 1.82) is 0 Å². The second kappa shape index (κ2) is 7.42. The van der Waals surface area contributed by atoms with Crippen LogP contribution in [-0.2, 0) is 0 Å². The summed E-state index contributed by atoms with van der Waals surface area (Å²) in [6.07, 6.45) is 0.550. The number of aliphatic hydroxyl groups is 1. The molecule has 5 nitrogen and oxygen atoms in total. The van der Waals surface area contributed by atoms with E-state index in [1.54, 1.807) is 4.90 Å².